The molecule has 156 valence electrons. The molecule has 0 fully saturated rings. The molecule has 8 nitrogen and oxygen atoms in total. The van der Waals surface area contributed by atoms with Gasteiger partial charge in [-0.25, -0.2) is 9.97 Å². The Kier molecular flexibility index (Phi) is 5.48. The Hall–Kier alpha value is -2.37. The summed E-state index contributed by atoms with van der Waals surface area (Å²) < 4.78 is 0.924. The molecule has 1 aromatic carbocycles. The van der Waals surface area contributed by atoms with Crippen molar-refractivity contribution >= 4 is 54.6 Å². The maximum absolute atomic E-state index is 11.6. The largest absolute Gasteiger partial charge is 0.395 e. The van der Waals surface area contributed by atoms with Gasteiger partial charge in [-0.05, 0) is 30.2 Å². The van der Waals surface area contributed by atoms with Gasteiger partial charge in [0.2, 0.25) is 0 Å². The van der Waals surface area contributed by atoms with Crippen molar-refractivity contribution in [2.24, 2.45) is 0 Å². The van der Waals surface area contributed by atoms with Gasteiger partial charge in [-0.2, -0.15) is 0 Å². The molecule has 0 atom stereocenters. The molecule has 0 saturated heterocycles. The standard InChI is InChI=1S/C20H22N6O2S2/c27-8-5-21-4-7-26-6-3-13-16(10-26)29-19-17(13)18(22-11-23-19)24-12-1-2-14-15(9-12)30-20(28)25-14/h1-2,9,11,21,27H,3-8,10H2,(H,25,28)(H,22,23,24). The van der Waals surface area contributed by atoms with E-state index in [4.69, 9.17) is 5.11 Å². The summed E-state index contributed by atoms with van der Waals surface area (Å²) in [5.74, 6) is 0.817. The van der Waals surface area contributed by atoms with Crippen molar-refractivity contribution in [2.75, 3.05) is 38.1 Å². The third kappa shape index (κ3) is 3.84. The van der Waals surface area contributed by atoms with Gasteiger partial charge in [-0.15, -0.1) is 11.3 Å². The molecule has 5 rings (SSSR count). The quantitative estimate of drug-likeness (QED) is 0.325. The molecule has 4 heterocycles. The van der Waals surface area contributed by atoms with E-state index in [1.54, 1.807) is 17.7 Å². The Morgan fingerprint density at radius 1 is 1.23 bits per heavy atom. The lowest BCUT2D eigenvalue weighted by Gasteiger charge is -2.27. The number of aromatic nitrogens is 3. The van der Waals surface area contributed by atoms with Crippen LogP contribution in [0.1, 0.15) is 10.4 Å². The number of hydrogen-bond acceptors (Lipinski definition) is 9. The fraction of sp³-hybridized carbons (Fsp3) is 0.350. The van der Waals surface area contributed by atoms with Crippen molar-refractivity contribution in [3.05, 3.63) is 44.6 Å². The first-order valence-electron chi connectivity index (χ1n) is 9.90. The average molecular weight is 443 g/mol. The van der Waals surface area contributed by atoms with Gasteiger partial charge in [0.15, 0.2) is 0 Å². The van der Waals surface area contributed by atoms with Gasteiger partial charge in [-0.3, -0.25) is 9.69 Å². The number of thiophene rings is 1. The highest BCUT2D eigenvalue weighted by atomic mass is 32.1. The molecule has 1 aliphatic heterocycles. The lowest BCUT2D eigenvalue weighted by atomic mass is 10.0. The normalized spacial score (nSPS) is 14.4. The second kappa shape index (κ2) is 8.40. The summed E-state index contributed by atoms with van der Waals surface area (Å²) in [6, 6.07) is 5.85. The second-order valence-electron chi connectivity index (χ2n) is 7.26. The number of nitrogens with zero attached hydrogens (tertiary/aromatic N) is 3. The van der Waals surface area contributed by atoms with Crippen LogP contribution in [0.4, 0.5) is 11.5 Å². The SMILES string of the molecule is O=c1[nH]c2ccc(Nc3ncnc4sc5c(c34)CCN(CCNCCO)C5)cc2s1. The summed E-state index contributed by atoms with van der Waals surface area (Å²) >= 11 is 2.95. The summed E-state index contributed by atoms with van der Waals surface area (Å²) in [5.41, 5.74) is 3.10. The third-order valence-electron chi connectivity index (χ3n) is 5.29. The average Bonchev–Trinajstić information content (AvgIpc) is 3.30. The monoisotopic (exact) mass is 442 g/mol. The molecule has 0 saturated carbocycles. The fourth-order valence-corrected chi connectivity index (χ4v) is 5.87. The number of anilines is 2. The number of aromatic amines is 1. The van der Waals surface area contributed by atoms with Crippen LogP contribution in [0, 0.1) is 0 Å². The molecule has 0 radical (unpaired) electrons. The minimum absolute atomic E-state index is 0.0467. The minimum Gasteiger partial charge on any atom is -0.395 e. The van der Waals surface area contributed by atoms with E-state index in [1.165, 1.54) is 21.8 Å². The van der Waals surface area contributed by atoms with Gasteiger partial charge in [-0.1, -0.05) is 11.3 Å². The van der Waals surface area contributed by atoms with Crippen molar-refractivity contribution in [1.82, 2.24) is 25.2 Å². The molecular formula is C20H22N6O2S2. The summed E-state index contributed by atoms with van der Waals surface area (Å²) in [6.45, 7) is 4.56. The molecule has 1 aliphatic rings. The van der Waals surface area contributed by atoms with E-state index in [0.29, 0.717) is 6.54 Å². The van der Waals surface area contributed by atoms with E-state index in [0.717, 1.165) is 64.5 Å². The van der Waals surface area contributed by atoms with Crippen molar-refractivity contribution in [1.29, 1.82) is 0 Å². The molecule has 30 heavy (non-hydrogen) atoms. The first-order valence-corrected chi connectivity index (χ1v) is 11.5. The lowest BCUT2D eigenvalue weighted by molar-refractivity contribution is 0.248. The first kappa shape index (κ1) is 19.6. The van der Waals surface area contributed by atoms with Crippen LogP contribution in [0.5, 0.6) is 0 Å². The number of thiazole rings is 1. The number of rotatable bonds is 7. The molecule has 0 bridgehead atoms. The van der Waals surface area contributed by atoms with Crippen LogP contribution < -0.4 is 15.5 Å². The smallest absolute Gasteiger partial charge is 0.305 e. The molecule has 3 aromatic heterocycles. The highest BCUT2D eigenvalue weighted by Gasteiger charge is 2.23. The van der Waals surface area contributed by atoms with E-state index >= 15 is 0 Å². The fourth-order valence-electron chi connectivity index (χ4n) is 3.87. The zero-order chi connectivity index (χ0) is 20.5. The Morgan fingerprint density at radius 2 is 2.17 bits per heavy atom. The maximum Gasteiger partial charge on any atom is 0.305 e. The van der Waals surface area contributed by atoms with Gasteiger partial charge in [0.1, 0.15) is 17.0 Å². The zero-order valence-corrected chi connectivity index (χ0v) is 17.9. The predicted octanol–water partition coefficient (Wildman–Crippen LogP) is 2.28. The second-order valence-corrected chi connectivity index (χ2v) is 9.35. The van der Waals surface area contributed by atoms with Crippen LogP contribution >= 0.6 is 22.7 Å². The number of fused-ring (bicyclic) bond motifs is 4. The summed E-state index contributed by atoms with van der Waals surface area (Å²) in [6.07, 6.45) is 2.58. The van der Waals surface area contributed by atoms with Gasteiger partial charge >= 0.3 is 4.87 Å². The highest BCUT2D eigenvalue weighted by Crippen LogP contribution is 2.38. The first-order chi connectivity index (χ1) is 14.7. The van der Waals surface area contributed by atoms with Crippen molar-refractivity contribution in [3.63, 3.8) is 0 Å². The molecule has 0 aliphatic carbocycles. The number of nitrogens with one attached hydrogen (secondary N) is 3. The molecule has 4 aromatic rings. The van der Waals surface area contributed by atoms with E-state index in [9.17, 15) is 4.79 Å². The predicted molar refractivity (Wildman–Crippen MR) is 122 cm³/mol. The van der Waals surface area contributed by atoms with Crippen molar-refractivity contribution in [2.45, 2.75) is 13.0 Å². The van der Waals surface area contributed by atoms with Gasteiger partial charge < -0.3 is 20.7 Å². The van der Waals surface area contributed by atoms with Gasteiger partial charge in [0.25, 0.3) is 0 Å². The number of benzene rings is 1. The Morgan fingerprint density at radius 3 is 3.07 bits per heavy atom. The van der Waals surface area contributed by atoms with Gasteiger partial charge in [0, 0.05) is 43.3 Å². The summed E-state index contributed by atoms with van der Waals surface area (Å²) in [5, 5.41) is 16.7. The molecule has 10 heteroatoms. The Balaban J connectivity index is 1.40. The van der Waals surface area contributed by atoms with Crippen LogP contribution in [-0.2, 0) is 13.0 Å². The summed E-state index contributed by atoms with van der Waals surface area (Å²) in [4.78, 5) is 28.2. The van der Waals surface area contributed by atoms with Crippen LogP contribution in [0.3, 0.4) is 0 Å². The Labute approximate surface area is 180 Å². The molecule has 0 spiro atoms. The maximum atomic E-state index is 11.6. The van der Waals surface area contributed by atoms with Gasteiger partial charge in [0.05, 0.1) is 22.2 Å². The number of H-pyrrole nitrogens is 1. The highest BCUT2D eigenvalue weighted by molar-refractivity contribution is 7.19. The van der Waals surface area contributed by atoms with E-state index in [1.807, 2.05) is 18.2 Å². The van der Waals surface area contributed by atoms with Crippen LogP contribution in [0.2, 0.25) is 0 Å². The number of aliphatic hydroxyl groups excluding tert-OH is 1. The van der Waals surface area contributed by atoms with E-state index in [-0.39, 0.29) is 11.5 Å². The molecule has 4 N–H and O–H groups in total. The van der Waals surface area contributed by atoms with E-state index in [2.05, 4.69) is 30.5 Å². The minimum atomic E-state index is -0.0467. The molecular weight excluding hydrogens is 420 g/mol. The van der Waals surface area contributed by atoms with E-state index < -0.39 is 0 Å². The van der Waals surface area contributed by atoms with Crippen LogP contribution in [-0.4, -0.2) is 57.7 Å². The third-order valence-corrected chi connectivity index (χ3v) is 7.26. The summed E-state index contributed by atoms with van der Waals surface area (Å²) in [7, 11) is 0. The zero-order valence-electron chi connectivity index (χ0n) is 16.3. The number of hydrogen-bond donors (Lipinski definition) is 4. The van der Waals surface area contributed by atoms with Crippen LogP contribution in [0.15, 0.2) is 29.3 Å². The Bertz CT molecular complexity index is 1250. The van der Waals surface area contributed by atoms with Crippen molar-refractivity contribution < 1.29 is 5.11 Å². The molecule has 0 amide bonds. The van der Waals surface area contributed by atoms with Crippen molar-refractivity contribution in [3.8, 4) is 0 Å². The molecule has 0 unspecified atom stereocenters. The topological polar surface area (TPSA) is 106 Å². The number of aliphatic hydroxyl groups is 1. The van der Waals surface area contributed by atoms with Crippen LogP contribution in [0.25, 0.3) is 20.4 Å². The lowest BCUT2D eigenvalue weighted by Crippen LogP contribution is -2.36.